The molecule has 0 N–H and O–H groups in total. The molecule has 2 saturated heterocycles. The molecule has 0 bridgehead atoms. The van der Waals surface area contributed by atoms with Crippen molar-refractivity contribution in [3.8, 4) is 0 Å². The maximum absolute atomic E-state index is 5.51. The summed E-state index contributed by atoms with van der Waals surface area (Å²) in [4.78, 5) is 0. The molecule has 10 heavy (non-hydrogen) atoms. The lowest BCUT2D eigenvalue weighted by Gasteiger charge is -2.19. The van der Waals surface area contributed by atoms with Crippen LogP contribution >= 0.6 is 0 Å². The van der Waals surface area contributed by atoms with Crippen LogP contribution in [0.5, 0.6) is 0 Å². The molecule has 2 rings (SSSR count). The fraction of sp³-hybridized carbons (Fsp3) is 0.875. The van der Waals surface area contributed by atoms with E-state index in [4.69, 9.17) is 9.47 Å². The maximum Gasteiger partial charge on any atom is 0.226 e. The molecule has 0 aliphatic carbocycles. The van der Waals surface area contributed by atoms with Crippen LogP contribution in [0.1, 0.15) is 13.8 Å². The number of fused-ring (bicyclic) bond motifs is 1. The lowest BCUT2D eigenvalue weighted by atomic mass is 9.88. The first-order chi connectivity index (χ1) is 4.70. The molecular weight excluding hydrogens is 128 g/mol. The molecule has 2 atom stereocenters. The highest BCUT2D eigenvalue weighted by Gasteiger charge is 2.52. The Balaban J connectivity index is 2.16. The molecule has 56 valence electrons. The molecule has 0 aromatic carbocycles. The molecule has 0 radical (unpaired) electrons. The number of rotatable bonds is 0. The second-order valence-electron chi connectivity index (χ2n) is 3.75. The van der Waals surface area contributed by atoms with Crippen molar-refractivity contribution in [2.75, 3.05) is 13.2 Å². The van der Waals surface area contributed by atoms with Crippen molar-refractivity contribution >= 4 is 0 Å². The van der Waals surface area contributed by atoms with Crippen LogP contribution in [0.15, 0.2) is 0 Å². The van der Waals surface area contributed by atoms with E-state index >= 15 is 0 Å². The molecule has 2 unspecified atom stereocenters. The Morgan fingerprint density at radius 3 is 2.90 bits per heavy atom. The minimum absolute atomic E-state index is 0.220. The van der Waals surface area contributed by atoms with Crippen LogP contribution in [0.25, 0.3) is 0 Å². The molecule has 2 nitrogen and oxygen atoms in total. The molecular formula is C8H13O2+. The fourth-order valence-corrected chi connectivity index (χ4v) is 1.69. The summed E-state index contributed by atoms with van der Waals surface area (Å²) in [5.41, 5.74) is 0.220. The highest BCUT2D eigenvalue weighted by molar-refractivity contribution is 5.02. The van der Waals surface area contributed by atoms with Gasteiger partial charge in [-0.05, 0) is 0 Å². The van der Waals surface area contributed by atoms with Crippen LogP contribution < -0.4 is 0 Å². The zero-order valence-electron chi connectivity index (χ0n) is 6.46. The van der Waals surface area contributed by atoms with Crippen LogP contribution in [0.4, 0.5) is 0 Å². The molecule has 0 aromatic rings. The first kappa shape index (κ1) is 6.50. The fourth-order valence-electron chi connectivity index (χ4n) is 1.69. The second kappa shape index (κ2) is 1.89. The van der Waals surface area contributed by atoms with Gasteiger partial charge < -0.3 is 9.47 Å². The van der Waals surface area contributed by atoms with Gasteiger partial charge in [0.1, 0.15) is 12.5 Å². The summed E-state index contributed by atoms with van der Waals surface area (Å²) in [7, 11) is 0. The maximum atomic E-state index is 5.51. The Morgan fingerprint density at radius 2 is 2.20 bits per heavy atom. The van der Waals surface area contributed by atoms with E-state index in [0.717, 1.165) is 13.2 Å². The predicted octanol–water partition coefficient (Wildman–Crippen LogP) is 1.01. The van der Waals surface area contributed by atoms with Crippen LogP contribution in [-0.2, 0) is 9.47 Å². The normalized spacial score (nSPS) is 43.0. The summed E-state index contributed by atoms with van der Waals surface area (Å²) >= 11 is 0. The van der Waals surface area contributed by atoms with E-state index in [2.05, 4.69) is 20.3 Å². The molecule has 0 spiro atoms. The number of hydrogen-bond donors (Lipinski definition) is 0. The molecule has 2 heteroatoms. The number of ether oxygens (including phenoxy) is 2. The van der Waals surface area contributed by atoms with Gasteiger partial charge in [0.2, 0.25) is 6.10 Å². The topological polar surface area (TPSA) is 18.5 Å². The van der Waals surface area contributed by atoms with Gasteiger partial charge in [-0.15, -0.1) is 0 Å². The van der Waals surface area contributed by atoms with E-state index < -0.39 is 0 Å². The summed E-state index contributed by atoms with van der Waals surface area (Å²) in [5, 5.41) is 0. The van der Waals surface area contributed by atoms with E-state index in [0.29, 0.717) is 6.10 Å². The molecule has 0 saturated carbocycles. The van der Waals surface area contributed by atoms with Crippen molar-refractivity contribution in [3.63, 3.8) is 0 Å². The van der Waals surface area contributed by atoms with Gasteiger partial charge in [-0.25, -0.2) is 0 Å². The third-order valence-electron chi connectivity index (χ3n) is 2.32. The number of hydrogen-bond acceptors (Lipinski definition) is 2. The molecule has 2 aliphatic heterocycles. The van der Waals surface area contributed by atoms with Gasteiger partial charge in [0, 0.05) is 5.41 Å². The quantitative estimate of drug-likeness (QED) is 0.469. The zero-order chi connectivity index (χ0) is 7.19. The molecule has 0 aromatic heterocycles. The average molecular weight is 141 g/mol. The summed E-state index contributed by atoms with van der Waals surface area (Å²) in [6.45, 7) is 5.98. The highest BCUT2D eigenvalue weighted by Crippen LogP contribution is 2.38. The van der Waals surface area contributed by atoms with Crippen molar-refractivity contribution in [2.24, 2.45) is 5.41 Å². The van der Waals surface area contributed by atoms with Crippen molar-refractivity contribution in [1.82, 2.24) is 0 Å². The van der Waals surface area contributed by atoms with Gasteiger partial charge in [0.25, 0.3) is 0 Å². The van der Waals surface area contributed by atoms with Crippen molar-refractivity contribution in [1.29, 1.82) is 0 Å². The van der Waals surface area contributed by atoms with Gasteiger partial charge in [-0.3, -0.25) is 0 Å². The Hall–Kier alpha value is -0.210. The van der Waals surface area contributed by atoms with Gasteiger partial charge in [-0.2, -0.15) is 0 Å². The summed E-state index contributed by atoms with van der Waals surface area (Å²) < 4.78 is 11.0. The molecule has 2 heterocycles. The van der Waals surface area contributed by atoms with Gasteiger partial charge in [0.05, 0.1) is 6.61 Å². The van der Waals surface area contributed by atoms with E-state index in [9.17, 15) is 0 Å². The Morgan fingerprint density at radius 1 is 1.40 bits per heavy atom. The average Bonchev–Trinajstić information content (AvgIpc) is 2.36. The minimum Gasteiger partial charge on any atom is -0.335 e. The van der Waals surface area contributed by atoms with Gasteiger partial charge in [0.15, 0.2) is 6.61 Å². The summed E-state index contributed by atoms with van der Waals surface area (Å²) in [6.07, 6.45) is 2.70. The van der Waals surface area contributed by atoms with Gasteiger partial charge >= 0.3 is 0 Å². The third kappa shape index (κ3) is 0.756. The van der Waals surface area contributed by atoms with E-state index in [1.807, 2.05) is 0 Å². The zero-order valence-corrected chi connectivity index (χ0v) is 6.46. The Bertz CT molecular complexity index is 142. The van der Waals surface area contributed by atoms with Crippen molar-refractivity contribution in [3.05, 3.63) is 6.42 Å². The van der Waals surface area contributed by atoms with E-state index in [1.165, 1.54) is 0 Å². The molecule has 2 fully saturated rings. The van der Waals surface area contributed by atoms with Crippen LogP contribution in [0.3, 0.4) is 0 Å². The monoisotopic (exact) mass is 141 g/mol. The molecule has 0 amide bonds. The molecule has 2 aliphatic rings. The Labute approximate surface area is 61.5 Å². The first-order valence-corrected chi connectivity index (χ1v) is 3.77. The second-order valence-corrected chi connectivity index (χ2v) is 3.75. The van der Waals surface area contributed by atoms with Crippen molar-refractivity contribution in [2.45, 2.75) is 26.1 Å². The van der Waals surface area contributed by atoms with Crippen LogP contribution in [-0.4, -0.2) is 25.4 Å². The summed E-state index contributed by atoms with van der Waals surface area (Å²) in [5.74, 6) is 0. The Kier molecular flexibility index (Phi) is 1.23. The first-order valence-electron chi connectivity index (χ1n) is 3.77. The SMILES string of the molecule is CC1(C)COC2[CH+]COC21. The lowest BCUT2D eigenvalue weighted by molar-refractivity contribution is 0.0389. The van der Waals surface area contributed by atoms with Crippen LogP contribution in [0.2, 0.25) is 0 Å². The minimum atomic E-state index is 0.220. The van der Waals surface area contributed by atoms with Crippen molar-refractivity contribution < 1.29 is 9.47 Å². The van der Waals surface area contributed by atoms with Crippen LogP contribution in [0, 0.1) is 11.8 Å². The van der Waals surface area contributed by atoms with E-state index in [1.54, 1.807) is 0 Å². The standard InChI is InChI=1S/C8H13O2/c1-8(2)5-10-6-3-4-9-7(6)8/h3,6-7H,4-5H2,1-2H3/q+1. The third-order valence-corrected chi connectivity index (χ3v) is 2.32. The van der Waals surface area contributed by atoms with E-state index in [-0.39, 0.29) is 11.5 Å². The largest absolute Gasteiger partial charge is 0.335 e. The highest BCUT2D eigenvalue weighted by atomic mass is 16.6. The smallest absolute Gasteiger partial charge is 0.226 e. The predicted molar refractivity (Wildman–Crippen MR) is 37.6 cm³/mol. The summed E-state index contributed by atoms with van der Waals surface area (Å²) in [6, 6.07) is 0. The lowest BCUT2D eigenvalue weighted by Crippen LogP contribution is -2.29. The van der Waals surface area contributed by atoms with Gasteiger partial charge in [-0.1, -0.05) is 13.8 Å².